The van der Waals surface area contributed by atoms with E-state index < -0.39 is 11.6 Å². The van der Waals surface area contributed by atoms with Crippen LogP contribution in [0.2, 0.25) is 0 Å². The molecule has 0 spiro atoms. The Hall–Kier alpha value is -0.640. The fourth-order valence-electron chi connectivity index (χ4n) is 0.741. The lowest BCUT2D eigenvalue weighted by atomic mass is 10.3. The average molecular weight is 253 g/mol. The zero-order valence-electron chi connectivity index (χ0n) is 6.19. The smallest absolute Gasteiger partial charge is 0.167 e. The summed E-state index contributed by atoms with van der Waals surface area (Å²) in [6, 6.07) is 3.23. The maximum absolute atomic E-state index is 12.8. The molecule has 0 unspecified atom stereocenters. The minimum absolute atomic E-state index is 0. The number of halogens is 3. The molecule has 1 aromatic rings. The number of benzene rings is 1. The van der Waals surface area contributed by atoms with Gasteiger partial charge in [-0.25, -0.2) is 8.78 Å². The molecule has 4 heteroatoms. The van der Waals surface area contributed by atoms with Gasteiger partial charge < -0.3 is 4.74 Å². The normalized spacial score (nSPS) is 9.15. The third-order valence-electron chi connectivity index (χ3n) is 1.23. The summed E-state index contributed by atoms with van der Waals surface area (Å²) in [6.07, 6.45) is 0. The van der Waals surface area contributed by atoms with Gasteiger partial charge in [0, 0.05) is 11.4 Å². The Bertz CT molecular complexity index is 266. The van der Waals surface area contributed by atoms with Crippen molar-refractivity contribution in [2.24, 2.45) is 0 Å². The highest BCUT2D eigenvalue weighted by molar-refractivity contribution is 9.09. The van der Waals surface area contributed by atoms with Gasteiger partial charge in [0.15, 0.2) is 11.6 Å². The molecule has 0 aromatic heterocycles. The van der Waals surface area contributed by atoms with Gasteiger partial charge in [0.1, 0.15) is 5.82 Å². The Balaban J connectivity index is 0.00000144. The zero-order valence-corrected chi connectivity index (χ0v) is 7.77. The molecule has 0 amide bonds. The van der Waals surface area contributed by atoms with Gasteiger partial charge in [-0.3, -0.25) is 0 Å². The number of ether oxygens (including phenoxy) is 1. The van der Waals surface area contributed by atoms with Crippen molar-refractivity contribution in [3.63, 3.8) is 0 Å². The molecule has 0 saturated heterocycles. The predicted octanol–water partition coefficient (Wildman–Crippen LogP) is 3.37. The Labute approximate surface area is 84.8 Å². The van der Waals surface area contributed by atoms with Gasteiger partial charge in [-0.1, -0.05) is 23.4 Å². The SMILES string of the molecule is C.Fc1ccc(OCCBr)c(F)c1. The van der Waals surface area contributed by atoms with Gasteiger partial charge in [-0.2, -0.15) is 0 Å². The number of rotatable bonds is 3. The van der Waals surface area contributed by atoms with E-state index in [-0.39, 0.29) is 13.2 Å². The zero-order chi connectivity index (χ0) is 8.97. The summed E-state index contributed by atoms with van der Waals surface area (Å²) in [5.41, 5.74) is 0. The molecule has 1 aromatic carbocycles. The number of alkyl halides is 1. The highest BCUT2D eigenvalue weighted by Gasteiger charge is 2.03. The average Bonchev–Trinajstić information content (AvgIpc) is 2.03. The molecule has 1 nitrogen and oxygen atoms in total. The van der Waals surface area contributed by atoms with Gasteiger partial charge in [0.2, 0.25) is 0 Å². The predicted molar refractivity (Wildman–Crippen MR) is 52.4 cm³/mol. The molecule has 0 aliphatic rings. The van der Waals surface area contributed by atoms with Crippen molar-refractivity contribution in [3.8, 4) is 5.75 Å². The van der Waals surface area contributed by atoms with E-state index in [1.165, 1.54) is 6.07 Å². The molecule has 0 N–H and O–H groups in total. The summed E-state index contributed by atoms with van der Waals surface area (Å²) in [7, 11) is 0. The molecular formula is C9H11BrF2O. The minimum Gasteiger partial charge on any atom is -0.490 e. The van der Waals surface area contributed by atoms with E-state index in [0.717, 1.165) is 12.1 Å². The molecule has 0 atom stereocenters. The summed E-state index contributed by atoms with van der Waals surface area (Å²) in [4.78, 5) is 0. The summed E-state index contributed by atoms with van der Waals surface area (Å²) in [5, 5.41) is 0.615. The van der Waals surface area contributed by atoms with Crippen LogP contribution in [0.4, 0.5) is 8.78 Å². The molecule has 0 heterocycles. The number of hydrogen-bond acceptors (Lipinski definition) is 1. The van der Waals surface area contributed by atoms with Crippen molar-refractivity contribution in [2.75, 3.05) is 11.9 Å². The van der Waals surface area contributed by atoms with Gasteiger partial charge in [0.05, 0.1) is 6.61 Å². The van der Waals surface area contributed by atoms with Gasteiger partial charge in [-0.15, -0.1) is 0 Å². The Morgan fingerprint density at radius 3 is 2.54 bits per heavy atom. The lowest BCUT2D eigenvalue weighted by Crippen LogP contribution is -1.99. The van der Waals surface area contributed by atoms with Crippen LogP contribution in [0, 0.1) is 11.6 Å². The minimum atomic E-state index is -0.670. The van der Waals surface area contributed by atoms with E-state index in [0.29, 0.717) is 11.9 Å². The highest BCUT2D eigenvalue weighted by atomic mass is 79.9. The summed E-state index contributed by atoms with van der Waals surface area (Å²) >= 11 is 3.12. The van der Waals surface area contributed by atoms with Crippen LogP contribution in [0.15, 0.2) is 18.2 Å². The molecule has 0 saturated carbocycles. The van der Waals surface area contributed by atoms with Crippen molar-refractivity contribution < 1.29 is 13.5 Å². The van der Waals surface area contributed by atoms with Crippen LogP contribution in [-0.4, -0.2) is 11.9 Å². The Kier molecular flexibility index (Phi) is 5.62. The van der Waals surface area contributed by atoms with E-state index in [2.05, 4.69) is 15.9 Å². The molecule has 0 fully saturated rings. The molecule has 74 valence electrons. The molecule has 0 aliphatic heterocycles. The number of hydrogen-bond donors (Lipinski definition) is 0. The Morgan fingerprint density at radius 1 is 1.31 bits per heavy atom. The molecule has 13 heavy (non-hydrogen) atoms. The maximum Gasteiger partial charge on any atom is 0.167 e. The first-order valence-corrected chi connectivity index (χ1v) is 4.50. The van der Waals surface area contributed by atoms with E-state index in [1.807, 2.05) is 0 Å². The van der Waals surface area contributed by atoms with Crippen molar-refractivity contribution in [1.82, 2.24) is 0 Å². The monoisotopic (exact) mass is 252 g/mol. The molecule has 1 rings (SSSR count). The quantitative estimate of drug-likeness (QED) is 0.750. The second-order valence-corrected chi connectivity index (χ2v) is 2.91. The summed E-state index contributed by atoms with van der Waals surface area (Å²) < 4.78 is 30.1. The van der Waals surface area contributed by atoms with Crippen molar-refractivity contribution >= 4 is 15.9 Å². The van der Waals surface area contributed by atoms with Crippen LogP contribution in [-0.2, 0) is 0 Å². The van der Waals surface area contributed by atoms with Crippen molar-refractivity contribution in [3.05, 3.63) is 29.8 Å². The second-order valence-electron chi connectivity index (χ2n) is 2.11. The topological polar surface area (TPSA) is 9.23 Å². The summed E-state index contributed by atoms with van der Waals surface area (Å²) in [5.74, 6) is -1.19. The van der Waals surface area contributed by atoms with Crippen LogP contribution in [0.5, 0.6) is 5.75 Å². The summed E-state index contributed by atoms with van der Waals surface area (Å²) in [6.45, 7) is 0.364. The maximum atomic E-state index is 12.8. The molecule has 0 radical (unpaired) electrons. The van der Waals surface area contributed by atoms with Crippen LogP contribution >= 0.6 is 15.9 Å². The van der Waals surface area contributed by atoms with E-state index in [1.54, 1.807) is 0 Å². The standard InChI is InChI=1S/C8H7BrF2O.CH4/c9-3-4-12-8-2-1-6(10)5-7(8)11;/h1-2,5H,3-4H2;1H4. The van der Waals surface area contributed by atoms with E-state index in [9.17, 15) is 8.78 Å². The highest BCUT2D eigenvalue weighted by Crippen LogP contribution is 2.17. The van der Waals surface area contributed by atoms with Gasteiger partial charge in [-0.05, 0) is 12.1 Å². The van der Waals surface area contributed by atoms with Gasteiger partial charge >= 0.3 is 0 Å². The first kappa shape index (κ1) is 12.4. The molecular weight excluding hydrogens is 242 g/mol. The first-order valence-electron chi connectivity index (χ1n) is 3.38. The Morgan fingerprint density at radius 2 is 2.00 bits per heavy atom. The molecule has 0 aliphatic carbocycles. The lowest BCUT2D eigenvalue weighted by molar-refractivity contribution is 0.324. The van der Waals surface area contributed by atoms with Crippen molar-refractivity contribution in [2.45, 2.75) is 7.43 Å². The third-order valence-corrected chi connectivity index (χ3v) is 1.55. The second kappa shape index (κ2) is 5.91. The van der Waals surface area contributed by atoms with E-state index in [4.69, 9.17) is 4.74 Å². The largest absolute Gasteiger partial charge is 0.490 e. The fourth-order valence-corrected chi connectivity index (χ4v) is 0.903. The van der Waals surface area contributed by atoms with Crippen LogP contribution in [0.3, 0.4) is 0 Å². The van der Waals surface area contributed by atoms with Crippen molar-refractivity contribution in [1.29, 1.82) is 0 Å². The van der Waals surface area contributed by atoms with Crippen LogP contribution in [0.1, 0.15) is 7.43 Å². The van der Waals surface area contributed by atoms with Crippen LogP contribution in [0.25, 0.3) is 0 Å². The lowest BCUT2D eigenvalue weighted by Gasteiger charge is -2.04. The first-order chi connectivity index (χ1) is 5.74. The van der Waals surface area contributed by atoms with Crippen LogP contribution < -0.4 is 4.74 Å². The van der Waals surface area contributed by atoms with Gasteiger partial charge in [0.25, 0.3) is 0 Å². The van der Waals surface area contributed by atoms with E-state index >= 15 is 0 Å². The molecule has 0 bridgehead atoms. The third kappa shape index (κ3) is 3.72. The fraction of sp³-hybridized carbons (Fsp3) is 0.333.